The second-order valence-corrected chi connectivity index (χ2v) is 5.12. The van der Waals surface area contributed by atoms with E-state index in [9.17, 15) is 4.79 Å². The molecule has 1 saturated heterocycles. The third kappa shape index (κ3) is 3.67. The Morgan fingerprint density at radius 2 is 1.86 bits per heavy atom. The van der Waals surface area contributed by atoms with Gasteiger partial charge in [-0.1, -0.05) is 30.3 Å². The number of piperidine rings is 1. The zero-order valence-electron chi connectivity index (χ0n) is 11.8. The van der Waals surface area contributed by atoms with E-state index in [2.05, 4.69) is 10.3 Å². The molecule has 1 aliphatic rings. The molecule has 4 nitrogen and oxygen atoms in total. The van der Waals surface area contributed by atoms with Crippen LogP contribution >= 0.6 is 0 Å². The van der Waals surface area contributed by atoms with E-state index in [1.54, 1.807) is 0 Å². The molecule has 0 bridgehead atoms. The number of ether oxygens (including phenoxy) is 1. The van der Waals surface area contributed by atoms with Gasteiger partial charge >= 0.3 is 0 Å². The van der Waals surface area contributed by atoms with Crippen LogP contribution in [0.15, 0.2) is 47.5 Å². The van der Waals surface area contributed by atoms with Gasteiger partial charge in [0.2, 0.25) is 0 Å². The normalized spacial score (nSPS) is 15.0. The summed E-state index contributed by atoms with van der Waals surface area (Å²) in [7, 11) is 0. The van der Waals surface area contributed by atoms with Crippen molar-refractivity contribution in [3.8, 4) is 5.75 Å². The van der Waals surface area contributed by atoms with Crippen LogP contribution in [0.25, 0.3) is 10.8 Å². The average Bonchev–Trinajstić information content (AvgIpc) is 2.54. The molecule has 1 heterocycles. The van der Waals surface area contributed by atoms with Crippen LogP contribution < -0.4 is 10.1 Å². The average molecular weight is 282 g/mol. The second-order valence-electron chi connectivity index (χ2n) is 5.12. The van der Waals surface area contributed by atoms with Crippen LogP contribution in [0, 0.1) is 0 Å². The van der Waals surface area contributed by atoms with Gasteiger partial charge in [0.05, 0.1) is 0 Å². The lowest BCUT2D eigenvalue weighted by molar-refractivity contribution is -0.119. The van der Waals surface area contributed by atoms with Crippen molar-refractivity contribution >= 4 is 22.4 Å². The van der Waals surface area contributed by atoms with Gasteiger partial charge in [0, 0.05) is 18.8 Å². The van der Waals surface area contributed by atoms with Crippen molar-refractivity contribution in [2.24, 2.45) is 4.99 Å². The fourth-order valence-electron chi connectivity index (χ4n) is 2.44. The summed E-state index contributed by atoms with van der Waals surface area (Å²) >= 11 is 0. The molecule has 0 atom stereocenters. The van der Waals surface area contributed by atoms with Crippen molar-refractivity contribution in [3.05, 3.63) is 42.5 Å². The number of hydrogen-bond acceptors (Lipinski definition) is 3. The maximum Gasteiger partial charge on any atom is 0.283 e. The van der Waals surface area contributed by atoms with Crippen LogP contribution in [-0.2, 0) is 4.79 Å². The van der Waals surface area contributed by atoms with Gasteiger partial charge in [-0.2, -0.15) is 0 Å². The van der Waals surface area contributed by atoms with Crippen molar-refractivity contribution in [2.45, 2.75) is 12.8 Å². The van der Waals surface area contributed by atoms with Crippen LogP contribution in [0.5, 0.6) is 5.75 Å². The number of fused-ring (bicyclic) bond motifs is 1. The smallest absolute Gasteiger partial charge is 0.283 e. The van der Waals surface area contributed by atoms with Crippen LogP contribution in [0.2, 0.25) is 0 Å². The summed E-state index contributed by atoms with van der Waals surface area (Å²) in [6, 6.07) is 13.9. The van der Waals surface area contributed by atoms with Gasteiger partial charge in [0.1, 0.15) is 5.75 Å². The Morgan fingerprint density at radius 3 is 2.67 bits per heavy atom. The maximum absolute atomic E-state index is 11.8. The molecule has 1 aliphatic heterocycles. The van der Waals surface area contributed by atoms with Crippen LogP contribution in [0.3, 0.4) is 0 Å². The maximum atomic E-state index is 11.8. The highest BCUT2D eigenvalue weighted by molar-refractivity contribution is 5.96. The molecule has 0 radical (unpaired) electrons. The minimum Gasteiger partial charge on any atom is -0.484 e. The molecule has 1 amide bonds. The molecule has 4 heteroatoms. The molecule has 3 rings (SSSR count). The Kier molecular flexibility index (Phi) is 4.26. The van der Waals surface area contributed by atoms with Crippen molar-refractivity contribution in [3.63, 3.8) is 0 Å². The largest absolute Gasteiger partial charge is 0.484 e. The Labute approximate surface area is 123 Å². The highest BCUT2D eigenvalue weighted by Crippen LogP contribution is 2.20. The van der Waals surface area contributed by atoms with Gasteiger partial charge in [-0.3, -0.25) is 4.79 Å². The van der Waals surface area contributed by atoms with Crippen LogP contribution in [0.1, 0.15) is 12.8 Å². The summed E-state index contributed by atoms with van der Waals surface area (Å²) < 4.78 is 5.55. The number of carbonyl (C=O) groups is 1. The number of nitrogens with one attached hydrogen (secondary N) is 1. The molecular formula is C17H18N2O2. The minimum absolute atomic E-state index is 0.00469. The quantitative estimate of drug-likeness (QED) is 0.941. The predicted molar refractivity (Wildman–Crippen MR) is 84.0 cm³/mol. The Morgan fingerprint density at radius 1 is 1.10 bits per heavy atom. The number of rotatable bonds is 3. The monoisotopic (exact) mass is 282 g/mol. The van der Waals surface area contributed by atoms with Gasteiger partial charge in [-0.15, -0.1) is 0 Å². The topological polar surface area (TPSA) is 50.7 Å². The predicted octanol–water partition coefficient (Wildman–Crippen LogP) is 2.57. The van der Waals surface area contributed by atoms with Gasteiger partial charge in [-0.25, -0.2) is 4.99 Å². The van der Waals surface area contributed by atoms with E-state index in [0.717, 1.165) is 42.4 Å². The van der Waals surface area contributed by atoms with Crippen LogP contribution in [0.4, 0.5) is 0 Å². The molecule has 1 fully saturated rings. The summed E-state index contributed by atoms with van der Waals surface area (Å²) in [6.45, 7) is 1.80. The SMILES string of the molecule is O=C(COc1ccc2ccccc2c1)N=C1CCNCC1. The van der Waals surface area contributed by atoms with Crippen molar-refractivity contribution in [2.75, 3.05) is 19.7 Å². The number of amides is 1. The molecule has 0 saturated carbocycles. The summed E-state index contributed by atoms with van der Waals surface area (Å²) in [6.07, 6.45) is 1.70. The first-order valence-electron chi connectivity index (χ1n) is 7.23. The Bertz CT molecular complexity index is 671. The van der Waals surface area contributed by atoms with Crippen molar-refractivity contribution in [1.29, 1.82) is 0 Å². The molecule has 2 aromatic rings. The molecule has 1 N–H and O–H groups in total. The zero-order chi connectivity index (χ0) is 14.5. The molecule has 0 aliphatic carbocycles. The van der Waals surface area contributed by atoms with Crippen LogP contribution in [-0.4, -0.2) is 31.3 Å². The van der Waals surface area contributed by atoms with E-state index in [1.807, 2.05) is 42.5 Å². The lowest BCUT2D eigenvalue weighted by Gasteiger charge is -2.13. The standard InChI is InChI=1S/C17H18N2O2/c20-17(19-15-7-9-18-10-8-15)12-21-16-6-5-13-3-1-2-4-14(13)11-16/h1-6,11,18H,7-10,12H2. The highest BCUT2D eigenvalue weighted by atomic mass is 16.5. The molecule has 2 aromatic carbocycles. The number of hydrogen-bond donors (Lipinski definition) is 1. The first-order valence-corrected chi connectivity index (χ1v) is 7.23. The fraction of sp³-hybridized carbons (Fsp3) is 0.294. The third-order valence-corrected chi connectivity index (χ3v) is 3.55. The molecule has 0 unspecified atom stereocenters. The number of carbonyl (C=O) groups excluding carboxylic acids is 1. The molecule has 0 aromatic heterocycles. The Balaban J connectivity index is 1.61. The number of aliphatic imine (C=N–C) groups is 1. The van der Waals surface area contributed by atoms with Gasteiger partial charge in [0.25, 0.3) is 5.91 Å². The fourth-order valence-corrected chi connectivity index (χ4v) is 2.44. The van der Waals surface area contributed by atoms with E-state index in [-0.39, 0.29) is 12.5 Å². The molecule has 21 heavy (non-hydrogen) atoms. The highest BCUT2D eigenvalue weighted by Gasteiger charge is 2.09. The number of nitrogens with zero attached hydrogens (tertiary/aromatic N) is 1. The van der Waals surface area contributed by atoms with E-state index in [1.165, 1.54) is 0 Å². The van der Waals surface area contributed by atoms with E-state index in [0.29, 0.717) is 5.75 Å². The summed E-state index contributed by atoms with van der Waals surface area (Å²) in [4.78, 5) is 15.9. The van der Waals surface area contributed by atoms with Crippen molar-refractivity contribution < 1.29 is 9.53 Å². The van der Waals surface area contributed by atoms with E-state index >= 15 is 0 Å². The summed E-state index contributed by atoms with van der Waals surface area (Å²) in [5.41, 5.74) is 0.973. The molecular weight excluding hydrogens is 264 g/mol. The first-order chi connectivity index (χ1) is 10.3. The van der Waals surface area contributed by atoms with Gasteiger partial charge in [-0.05, 0) is 35.7 Å². The molecule has 108 valence electrons. The van der Waals surface area contributed by atoms with Gasteiger partial charge < -0.3 is 10.1 Å². The van der Waals surface area contributed by atoms with E-state index in [4.69, 9.17) is 4.74 Å². The first kappa shape index (κ1) is 13.8. The second kappa shape index (κ2) is 6.50. The van der Waals surface area contributed by atoms with Gasteiger partial charge in [0.15, 0.2) is 6.61 Å². The molecule has 0 spiro atoms. The number of benzene rings is 2. The lowest BCUT2D eigenvalue weighted by Crippen LogP contribution is -2.28. The third-order valence-electron chi connectivity index (χ3n) is 3.55. The van der Waals surface area contributed by atoms with Crippen molar-refractivity contribution in [1.82, 2.24) is 5.32 Å². The minimum atomic E-state index is -0.208. The lowest BCUT2D eigenvalue weighted by atomic mass is 10.1. The summed E-state index contributed by atoms with van der Waals surface area (Å²) in [5, 5.41) is 5.50. The Hall–Kier alpha value is -2.20. The zero-order valence-corrected chi connectivity index (χ0v) is 11.8. The van der Waals surface area contributed by atoms with E-state index < -0.39 is 0 Å². The summed E-state index contributed by atoms with van der Waals surface area (Å²) in [5.74, 6) is 0.493.